The van der Waals surface area contributed by atoms with Crippen molar-refractivity contribution in [3.63, 3.8) is 0 Å². The standard InChI is InChI=1S/C15H8Br2Cl4N2/c16-9-1-5-11(6-2-9)22-13(18)15(20,21)14(19)23-12-7-3-10(17)4-8-12/h1-8H. The number of rotatable bonds is 4. The van der Waals surface area contributed by atoms with E-state index in [1.165, 1.54) is 0 Å². The van der Waals surface area contributed by atoms with Gasteiger partial charge in [-0.05, 0) is 48.5 Å². The van der Waals surface area contributed by atoms with Crippen molar-refractivity contribution < 1.29 is 0 Å². The molecule has 0 aliphatic rings. The minimum Gasteiger partial charge on any atom is -0.237 e. The summed E-state index contributed by atoms with van der Waals surface area (Å²) in [5.41, 5.74) is 1.19. The molecule has 0 aliphatic carbocycles. The Bertz CT molecular complexity index is 678. The van der Waals surface area contributed by atoms with E-state index in [2.05, 4.69) is 41.8 Å². The Labute approximate surface area is 170 Å². The molecule has 2 rings (SSSR count). The van der Waals surface area contributed by atoms with Gasteiger partial charge >= 0.3 is 0 Å². The highest BCUT2D eigenvalue weighted by molar-refractivity contribution is 9.10. The smallest absolute Gasteiger partial charge is 0.222 e. The van der Waals surface area contributed by atoms with Crippen LogP contribution in [0.1, 0.15) is 0 Å². The molecule has 2 aromatic carbocycles. The summed E-state index contributed by atoms with van der Waals surface area (Å²) in [5.74, 6) is 0. The molecule has 0 spiro atoms. The van der Waals surface area contributed by atoms with Crippen molar-refractivity contribution in [1.29, 1.82) is 0 Å². The number of aliphatic imine (C=N–C) groups is 2. The van der Waals surface area contributed by atoms with Crippen LogP contribution in [0.3, 0.4) is 0 Å². The van der Waals surface area contributed by atoms with Crippen molar-refractivity contribution in [3.8, 4) is 0 Å². The summed E-state index contributed by atoms with van der Waals surface area (Å²) in [6.07, 6.45) is 0. The molecule has 0 atom stereocenters. The molecule has 0 saturated carbocycles. The van der Waals surface area contributed by atoms with Gasteiger partial charge in [-0.1, -0.05) is 78.3 Å². The third-order valence-corrected chi connectivity index (χ3v) is 5.52. The van der Waals surface area contributed by atoms with Gasteiger partial charge in [0.15, 0.2) is 0 Å². The van der Waals surface area contributed by atoms with Gasteiger partial charge in [0.25, 0.3) is 0 Å². The molecule has 0 unspecified atom stereocenters. The predicted molar refractivity (Wildman–Crippen MR) is 109 cm³/mol. The van der Waals surface area contributed by atoms with Crippen LogP contribution in [-0.4, -0.2) is 14.7 Å². The van der Waals surface area contributed by atoms with Crippen molar-refractivity contribution in [2.24, 2.45) is 9.98 Å². The van der Waals surface area contributed by atoms with Gasteiger partial charge in [0.2, 0.25) is 4.33 Å². The molecule has 23 heavy (non-hydrogen) atoms. The molecule has 0 saturated heterocycles. The minimum atomic E-state index is -1.73. The summed E-state index contributed by atoms with van der Waals surface area (Å²) in [6, 6.07) is 14.3. The maximum absolute atomic E-state index is 6.22. The molecule has 0 radical (unpaired) electrons. The molecule has 0 amide bonds. The zero-order valence-corrected chi connectivity index (χ0v) is 17.5. The van der Waals surface area contributed by atoms with E-state index in [4.69, 9.17) is 46.4 Å². The van der Waals surface area contributed by atoms with Crippen molar-refractivity contribution in [2.45, 2.75) is 4.33 Å². The van der Waals surface area contributed by atoms with Crippen molar-refractivity contribution >= 4 is 100.0 Å². The third kappa shape index (κ3) is 5.45. The molecule has 120 valence electrons. The highest BCUT2D eigenvalue weighted by atomic mass is 79.9. The van der Waals surface area contributed by atoms with Gasteiger partial charge in [0.1, 0.15) is 10.3 Å². The number of alkyl halides is 2. The highest BCUT2D eigenvalue weighted by Crippen LogP contribution is 2.33. The molecule has 0 fully saturated rings. The number of halogens is 6. The first-order valence-electron chi connectivity index (χ1n) is 6.17. The molecular formula is C15H8Br2Cl4N2. The van der Waals surface area contributed by atoms with E-state index in [0.29, 0.717) is 11.4 Å². The number of hydrogen-bond donors (Lipinski definition) is 0. The lowest BCUT2D eigenvalue weighted by Crippen LogP contribution is -2.28. The Balaban J connectivity index is 2.28. The van der Waals surface area contributed by atoms with Crippen LogP contribution in [0.25, 0.3) is 0 Å². The van der Waals surface area contributed by atoms with Crippen LogP contribution in [0.5, 0.6) is 0 Å². The first kappa shape index (κ1) is 19.2. The number of nitrogens with zero attached hydrogens (tertiary/aromatic N) is 2. The zero-order chi connectivity index (χ0) is 17.0. The van der Waals surface area contributed by atoms with Gasteiger partial charge < -0.3 is 0 Å². The molecule has 0 aliphatic heterocycles. The van der Waals surface area contributed by atoms with E-state index >= 15 is 0 Å². The second kappa shape index (κ2) is 8.32. The van der Waals surface area contributed by atoms with Crippen LogP contribution in [-0.2, 0) is 0 Å². The van der Waals surface area contributed by atoms with E-state index in [0.717, 1.165) is 8.95 Å². The average Bonchev–Trinajstić information content (AvgIpc) is 2.51. The Morgan fingerprint density at radius 1 is 0.696 bits per heavy atom. The van der Waals surface area contributed by atoms with Gasteiger partial charge in [-0.2, -0.15) is 0 Å². The Morgan fingerprint density at radius 3 is 1.30 bits per heavy atom. The van der Waals surface area contributed by atoms with Crippen LogP contribution in [0.2, 0.25) is 0 Å². The fraction of sp³-hybridized carbons (Fsp3) is 0.0667. The monoisotopic (exact) mass is 514 g/mol. The maximum atomic E-state index is 6.22. The summed E-state index contributed by atoms with van der Waals surface area (Å²) >= 11 is 31.4. The Morgan fingerprint density at radius 2 is 1.00 bits per heavy atom. The first-order valence-corrected chi connectivity index (χ1v) is 9.27. The summed E-state index contributed by atoms with van der Waals surface area (Å²) < 4.78 is 0.110. The van der Waals surface area contributed by atoms with E-state index < -0.39 is 4.33 Å². The van der Waals surface area contributed by atoms with E-state index in [1.807, 2.05) is 24.3 Å². The molecule has 8 heteroatoms. The molecular weight excluding hydrogens is 510 g/mol. The topological polar surface area (TPSA) is 24.7 Å². The van der Waals surface area contributed by atoms with Gasteiger partial charge in [-0.15, -0.1) is 0 Å². The molecule has 0 heterocycles. The minimum absolute atomic E-state index is 0.0889. The summed E-state index contributed by atoms with van der Waals surface area (Å²) in [7, 11) is 0. The van der Waals surface area contributed by atoms with Crippen LogP contribution in [0.4, 0.5) is 11.4 Å². The van der Waals surface area contributed by atoms with Crippen LogP contribution in [0.15, 0.2) is 67.5 Å². The maximum Gasteiger partial charge on any atom is 0.222 e. The molecule has 0 bridgehead atoms. The van der Waals surface area contributed by atoms with Crippen LogP contribution >= 0.6 is 78.3 Å². The summed E-state index contributed by atoms with van der Waals surface area (Å²) in [6.45, 7) is 0. The van der Waals surface area contributed by atoms with Crippen molar-refractivity contribution in [3.05, 3.63) is 57.5 Å². The van der Waals surface area contributed by atoms with Crippen molar-refractivity contribution in [2.75, 3.05) is 0 Å². The lowest BCUT2D eigenvalue weighted by Gasteiger charge is -2.16. The lowest BCUT2D eigenvalue weighted by molar-refractivity contribution is 1.40. The Kier molecular flexibility index (Phi) is 6.96. The lowest BCUT2D eigenvalue weighted by atomic mass is 10.3. The number of benzene rings is 2. The van der Waals surface area contributed by atoms with Gasteiger partial charge in [-0.25, -0.2) is 9.98 Å². The summed E-state index contributed by atoms with van der Waals surface area (Å²) in [5, 5.41) is -0.178. The third-order valence-electron chi connectivity index (χ3n) is 2.63. The van der Waals surface area contributed by atoms with E-state index in [9.17, 15) is 0 Å². The predicted octanol–water partition coefficient (Wildman–Crippen LogP) is 7.62. The quantitative estimate of drug-likeness (QED) is 0.294. The van der Waals surface area contributed by atoms with E-state index in [1.54, 1.807) is 24.3 Å². The average molecular weight is 518 g/mol. The van der Waals surface area contributed by atoms with Gasteiger partial charge in [-0.3, -0.25) is 0 Å². The molecule has 0 aromatic heterocycles. The SMILES string of the molecule is ClC(=Nc1ccc(Br)cc1)C(Cl)(Cl)C(Cl)=Nc1ccc(Br)cc1. The van der Waals surface area contributed by atoms with Crippen LogP contribution in [0, 0.1) is 0 Å². The first-order chi connectivity index (χ1) is 10.8. The molecule has 0 N–H and O–H groups in total. The molecule has 2 nitrogen and oxygen atoms in total. The highest BCUT2D eigenvalue weighted by Gasteiger charge is 2.36. The fourth-order valence-electron chi connectivity index (χ4n) is 1.48. The van der Waals surface area contributed by atoms with Gasteiger partial charge in [0, 0.05) is 8.95 Å². The summed E-state index contributed by atoms with van der Waals surface area (Å²) in [4.78, 5) is 8.35. The second-order valence-corrected chi connectivity index (χ2v) is 8.21. The van der Waals surface area contributed by atoms with Gasteiger partial charge in [0.05, 0.1) is 11.4 Å². The molecule has 2 aromatic rings. The normalized spacial score (nSPS) is 13.3. The van der Waals surface area contributed by atoms with Crippen LogP contribution < -0.4 is 0 Å². The zero-order valence-electron chi connectivity index (χ0n) is 11.3. The largest absolute Gasteiger partial charge is 0.237 e. The van der Waals surface area contributed by atoms with E-state index in [-0.39, 0.29) is 10.3 Å². The van der Waals surface area contributed by atoms with Crippen molar-refractivity contribution in [1.82, 2.24) is 0 Å². The number of hydrogen-bond acceptors (Lipinski definition) is 2. The Hall–Kier alpha value is -0.100. The fourth-order valence-corrected chi connectivity index (χ4v) is 2.60. The second-order valence-electron chi connectivity index (χ2n) is 4.33.